The van der Waals surface area contributed by atoms with Crippen molar-refractivity contribution < 1.29 is 4.63 Å². The minimum absolute atomic E-state index is 0.420. The summed E-state index contributed by atoms with van der Waals surface area (Å²) in [5.74, 6) is 0.420. The predicted octanol–water partition coefficient (Wildman–Crippen LogP) is 0.200. The fraction of sp³-hybridized carbons (Fsp3) is 0. The molecule has 2 heterocycles. The molecule has 0 fully saturated rings. The lowest BCUT2D eigenvalue weighted by atomic mass is 10.4. The molecule has 0 unspecified atom stereocenters. The largest absolute Gasteiger partial charge is 0.384 e. The van der Waals surface area contributed by atoms with E-state index in [1.54, 1.807) is 12.1 Å². The highest BCUT2D eigenvalue weighted by atomic mass is 16.6. The molecule has 0 bridgehead atoms. The van der Waals surface area contributed by atoms with Crippen LogP contribution in [0.25, 0.3) is 11.2 Å². The number of nitrogens with zero attached hydrogens (tertiary/aromatic N) is 3. The van der Waals surface area contributed by atoms with Crippen molar-refractivity contribution in [1.29, 1.82) is 0 Å². The first-order valence-electron chi connectivity index (χ1n) is 2.71. The van der Waals surface area contributed by atoms with Gasteiger partial charge in [0.2, 0.25) is 5.65 Å². The number of aromatic nitrogens is 3. The first kappa shape index (κ1) is 5.16. The van der Waals surface area contributed by atoms with Crippen molar-refractivity contribution in [3.05, 3.63) is 12.1 Å². The number of nitrogens with two attached hydrogens (primary N) is 1. The highest BCUT2D eigenvalue weighted by Crippen LogP contribution is 2.06. The van der Waals surface area contributed by atoms with E-state index in [-0.39, 0.29) is 0 Å². The molecular weight excluding hydrogens is 132 g/mol. The molecule has 0 saturated carbocycles. The Morgan fingerprint density at radius 1 is 1.30 bits per heavy atom. The van der Waals surface area contributed by atoms with Gasteiger partial charge in [0.05, 0.1) is 0 Å². The molecule has 2 aromatic heterocycles. The molecule has 0 aliphatic heterocycles. The standard InChI is InChI=1S/C5H4N4O/c6-4-2-1-3-5(7-4)9-10-8-3/h1-2H,(H2,6,7,9). The van der Waals surface area contributed by atoms with Gasteiger partial charge >= 0.3 is 0 Å². The average Bonchev–Trinajstić information content (AvgIpc) is 2.33. The van der Waals surface area contributed by atoms with Crippen LogP contribution in [0.4, 0.5) is 5.82 Å². The Kier molecular flexibility index (Phi) is 0.858. The molecule has 0 aliphatic rings. The van der Waals surface area contributed by atoms with Gasteiger partial charge in [-0.25, -0.2) is 9.61 Å². The summed E-state index contributed by atoms with van der Waals surface area (Å²) in [6.07, 6.45) is 0. The second-order valence-corrected chi connectivity index (χ2v) is 1.84. The van der Waals surface area contributed by atoms with Gasteiger partial charge < -0.3 is 5.73 Å². The maximum Gasteiger partial charge on any atom is 0.226 e. The quantitative estimate of drug-likeness (QED) is 0.559. The monoisotopic (exact) mass is 136 g/mol. The number of pyridine rings is 1. The smallest absolute Gasteiger partial charge is 0.226 e. The molecule has 2 aromatic rings. The van der Waals surface area contributed by atoms with Crippen LogP contribution in [0.1, 0.15) is 0 Å². The molecule has 10 heavy (non-hydrogen) atoms. The first-order valence-corrected chi connectivity index (χ1v) is 2.71. The molecule has 2 rings (SSSR count). The van der Waals surface area contributed by atoms with Crippen LogP contribution < -0.4 is 5.73 Å². The van der Waals surface area contributed by atoms with Crippen molar-refractivity contribution in [3.8, 4) is 0 Å². The summed E-state index contributed by atoms with van der Waals surface area (Å²) < 4.78 is 4.40. The van der Waals surface area contributed by atoms with E-state index in [0.717, 1.165) is 0 Å². The maximum atomic E-state index is 5.36. The lowest BCUT2D eigenvalue weighted by molar-refractivity contribution is 0.315. The summed E-state index contributed by atoms with van der Waals surface area (Å²) in [5, 5.41) is 7.06. The van der Waals surface area contributed by atoms with Gasteiger partial charge in [-0.15, -0.1) is 0 Å². The maximum absolute atomic E-state index is 5.36. The lowest BCUT2D eigenvalue weighted by Gasteiger charge is -1.85. The van der Waals surface area contributed by atoms with Gasteiger partial charge in [-0.2, -0.15) is 0 Å². The van der Waals surface area contributed by atoms with Crippen molar-refractivity contribution in [2.75, 3.05) is 5.73 Å². The molecule has 0 aliphatic carbocycles. The second-order valence-electron chi connectivity index (χ2n) is 1.84. The van der Waals surface area contributed by atoms with Crippen LogP contribution >= 0.6 is 0 Å². The summed E-state index contributed by atoms with van der Waals surface area (Å²) in [5.41, 5.74) is 6.43. The molecule has 0 spiro atoms. The van der Waals surface area contributed by atoms with Crippen LogP contribution in [0.3, 0.4) is 0 Å². The van der Waals surface area contributed by atoms with Gasteiger partial charge in [0, 0.05) is 0 Å². The Morgan fingerprint density at radius 2 is 2.20 bits per heavy atom. The van der Waals surface area contributed by atoms with E-state index in [0.29, 0.717) is 17.0 Å². The molecule has 0 atom stereocenters. The highest BCUT2D eigenvalue weighted by Gasteiger charge is 1.99. The molecule has 0 saturated heterocycles. The first-order chi connectivity index (χ1) is 4.86. The van der Waals surface area contributed by atoms with E-state index < -0.39 is 0 Å². The Hall–Kier alpha value is -1.65. The molecule has 5 nitrogen and oxygen atoms in total. The summed E-state index contributed by atoms with van der Waals surface area (Å²) in [6, 6.07) is 3.35. The predicted molar refractivity (Wildman–Crippen MR) is 34.0 cm³/mol. The number of fused-ring (bicyclic) bond motifs is 1. The van der Waals surface area contributed by atoms with Crippen molar-refractivity contribution in [3.63, 3.8) is 0 Å². The fourth-order valence-corrected chi connectivity index (χ4v) is 0.697. The van der Waals surface area contributed by atoms with Gasteiger partial charge in [-0.05, 0) is 22.4 Å². The zero-order chi connectivity index (χ0) is 6.97. The van der Waals surface area contributed by atoms with Crippen molar-refractivity contribution >= 4 is 17.0 Å². The van der Waals surface area contributed by atoms with Gasteiger partial charge in [-0.3, -0.25) is 0 Å². The van der Waals surface area contributed by atoms with Crippen LogP contribution in [-0.2, 0) is 0 Å². The van der Waals surface area contributed by atoms with E-state index in [9.17, 15) is 0 Å². The molecule has 0 amide bonds. The average molecular weight is 136 g/mol. The zero-order valence-corrected chi connectivity index (χ0v) is 4.98. The Labute approximate surface area is 55.8 Å². The normalized spacial score (nSPS) is 10.4. The van der Waals surface area contributed by atoms with Gasteiger partial charge in [0.1, 0.15) is 5.82 Å². The van der Waals surface area contributed by atoms with E-state index in [1.165, 1.54) is 0 Å². The van der Waals surface area contributed by atoms with Crippen molar-refractivity contribution in [2.24, 2.45) is 0 Å². The van der Waals surface area contributed by atoms with Crippen LogP contribution in [-0.4, -0.2) is 15.3 Å². The lowest BCUT2D eigenvalue weighted by Crippen LogP contribution is -1.88. The highest BCUT2D eigenvalue weighted by molar-refractivity contribution is 5.69. The molecular formula is C5H4N4O. The molecule has 2 N–H and O–H groups in total. The van der Waals surface area contributed by atoms with Crippen LogP contribution in [0.5, 0.6) is 0 Å². The third-order valence-corrected chi connectivity index (χ3v) is 1.14. The molecule has 50 valence electrons. The summed E-state index contributed by atoms with van der Waals surface area (Å²) in [6.45, 7) is 0. The Morgan fingerprint density at radius 3 is 3.10 bits per heavy atom. The fourth-order valence-electron chi connectivity index (χ4n) is 0.697. The van der Waals surface area contributed by atoms with E-state index in [4.69, 9.17) is 5.73 Å². The minimum atomic E-state index is 0.420. The van der Waals surface area contributed by atoms with E-state index >= 15 is 0 Å². The molecule has 5 heteroatoms. The number of hydrogen-bond acceptors (Lipinski definition) is 5. The van der Waals surface area contributed by atoms with Crippen LogP contribution in [0.15, 0.2) is 16.8 Å². The Bertz CT molecular complexity index is 355. The van der Waals surface area contributed by atoms with Crippen molar-refractivity contribution in [1.82, 2.24) is 15.3 Å². The van der Waals surface area contributed by atoms with Crippen LogP contribution in [0, 0.1) is 0 Å². The molecule has 0 radical (unpaired) electrons. The third kappa shape index (κ3) is 0.604. The van der Waals surface area contributed by atoms with Crippen LogP contribution in [0.2, 0.25) is 0 Å². The Balaban J connectivity index is 2.86. The number of anilines is 1. The number of hydrogen-bond donors (Lipinski definition) is 1. The van der Waals surface area contributed by atoms with Gasteiger partial charge in [0.25, 0.3) is 0 Å². The van der Waals surface area contributed by atoms with Crippen molar-refractivity contribution in [2.45, 2.75) is 0 Å². The van der Waals surface area contributed by atoms with E-state index in [1.807, 2.05) is 0 Å². The van der Waals surface area contributed by atoms with Gasteiger partial charge in [-0.1, -0.05) is 0 Å². The number of rotatable bonds is 0. The SMILES string of the molecule is Nc1ccc2nonc2n1. The van der Waals surface area contributed by atoms with Gasteiger partial charge in [0.15, 0.2) is 5.52 Å². The summed E-state index contributed by atoms with van der Waals surface area (Å²) >= 11 is 0. The second kappa shape index (κ2) is 1.66. The third-order valence-electron chi connectivity index (χ3n) is 1.14. The molecule has 0 aromatic carbocycles. The van der Waals surface area contributed by atoms with E-state index in [2.05, 4.69) is 19.9 Å². The zero-order valence-electron chi connectivity index (χ0n) is 4.98. The minimum Gasteiger partial charge on any atom is -0.384 e. The summed E-state index contributed by atoms with van der Waals surface area (Å²) in [7, 11) is 0. The topological polar surface area (TPSA) is 77.8 Å². The summed E-state index contributed by atoms with van der Waals surface area (Å²) in [4.78, 5) is 3.85. The number of nitrogen functional groups attached to an aromatic ring is 1.